The van der Waals surface area contributed by atoms with Crippen molar-refractivity contribution in [1.29, 1.82) is 0 Å². The highest BCUT2D eigenvalue weighted by molar-refractivity contribution is 7.99. The van der Waals surface area contributed by atoms with Crippen LogP contribution in [0, 0.1) is 0 Å². The Morgan fingerprint density at radius 3 is 2.62 bits per heavy atom. The summed E-state index contributed by atoms with van der Waals surface area (Å²) in [4.78, 5) is 16.8. The lowest BCUT2D eigenvalue weighted by molar-refractivity contribution is -0.113. The Morgan fingerprint density at radius 2 is 1.90 bits per heavy atom. The fraction of sp³-hybridized carbons (Fsp3) is 0.238. The van der Waals surface area contributed by atoms with Gasteiger partial charge in [-0.3, -0.25) is 4.79 Å². The van der Waals surface area contributed by atoms with E-state index >= 15 is 0 Å². The van der Waals surface area contributed by atoms with Gasteiger partial charge in [-0.2, -0.15) is 0 Å². The summed E-state index contributed by atoms with van der Waals surface area (Å²) in [6, 6.07) is 16.2. The standard InChI is InChI=1S/C21H21N5OS2/c1-13(2)14-8-10-15(11-9-14)19-24-25-21(26(19)3)28-12-18(27)23-20-22-16-6-4-5-7-17(16)29-20/h4-11,13H,12H2,1-3H3,(H,22,23,27). The SMILES string of the molecule is CC(C)c1ccc(-c2nnc(SCC(=O)Nc3nc4ccccc4s3)n2C)cc1. The van der Waals surface area contributed by atoms with Crippen molar-refractivity contribution in [2.75, 3.05) is 11.1 Å². The Bertz CT molecular complexity index is 1110. The molecule has 29 heavy (non-hydrogen) atoms. The van der Waals surface area contributed by atoms with Crippen LogP contribution >= 0.6 is 23.1 Å². The number of thioether (sulfide) groups is 1. The Balaban J connectivity index is 1.40. The van der Waals surface area contributed by atoms with Crippen molar-refractivity contribution in [3.05, 3.63) is 54.1 Å². The first-order chi connectivity index (χ1) is 14.0. The molecule has 0 saturated heterocycles. The van der Waals surface area contributed by atoms with Crippen LogP contribution in [-0.4, -0.2) is 31.4 Å². The molecule has 0 aliphatic heterocycles. The third-order valence-corrected chi connectivity index (χ3v) is 6.52. The maximum absolute atomic E-state index is 12.3. The summed E-state index contributed by atoms with van der Waals surface area (Å²) in [7, 11) is 1.92. The zero-order valence-electron chi connectivity index (χ0n) is 16.4. The van der Waals surface area contributed by atoms with Gasteiger partial charge in [-0.05, 0) is 23.6 Å². The number of nitrogens with one attached hydrogen (secondary N) is 1. The fourth-order valence-electron chi connectivity index (χ4n) is 2.92. The van der Waals surface area contributed by atoms with Crippen LogP contribution in [0.4, 0.5) is 5.13 Å². The molecule has 4 aromatic rings. The number of anilines is 1. The second-order valence-corrected chi connectivity index (χ2v) is 8.94. The molecule has 0 bridgehead atoms. The van der Waals surface area contributed by atoms with E-state index in [1.165, 1.54) is 28.7 Å². The van der Waals surface area contributed by atoms with Crippen LogP contribution in [0.3, 0.4) is 0 Å². The van der Waals surface area contributed by atoms with Crippen molar-refractivity contribution < 1.29 is 4.79 Å². The number of thiazole rings is 1. The van der Waals surface area contributed by atoms with Crippen molar-refractivity contribution in [3.8, 4) is 11.4 Å². The predicted molar refractivity (Wildman–Crippen MR) is 120 cm³/mol. The summed E-state index contributed by atoms with van der Waals surface area (Å²) in [6.45, 7) is 4.34. The average Bonchev–Trinajstić information content (AvgIpc) is 3.29. The topological polar surface area (TPSA) is 72.7 Å². The summed E-state index contributed by atoms with van der Waals surface area (Å²) in [5, 5.41) is 12.7. The first kappa shape index (κ1) is 19.6. The van der Waals surface area contributed by atoms with E-state index in [2.05, 4.69) is 58.6 Å². The number of benzene rings is 2. The van der Waals surface area contributed by atoms with Gasteiger partial charge in [0.05, 0.1) is 16.0 Å². The first-order valence-electron chi connectivity index (χ1n) is 9.29. The Labute approximate surface area is 177 Å². The van der Waals surface area contributed by atoms with Crippen LogP contribution in [0.15, 0.2) is 53.7 Å². The molecule has 148 valence electrons. The summed E-state index contributed by atoms with van der Waals surface area (Å²) in [6.07, 6.45) is 0. The molecule has 0 aliphatic carbocycles. The van der Waals surface area contributed by atoms with E-state index in [1.54, 1.807) is 0 Å². The van der Waals surface area contributed by atoms with E-state index in [-0.39, 0.29) is 11.7 Å². The van der Waals surface area contributed by atoms with Crippen molar-refractivity contribution >= 4 is 44.4 Å². The highest BCUT2D eigenvalue weighted by Gasteiger charge is 2.14. The molecule has 2 aromatic heterocycles. The van der Waals surface area contributed by atoms with E-state index in [0.29, 0.717) is 16.2 Å². The van der Waals surface area contributed by atoms with Gasteiger partial charge in [-0.15, -0.1) is 10.2 Å². The van der Waals surface area contributed by atoms with Crippen LogP contribution in [-0.2, 0) is 11.8 Å². The number of carbonyl (C=O) groups is 1. The van der Waals surface area contributed by atoms with Crippen LogP contribution < -0.4 is 5.32 Å². The minimum atomic E-state index is -0.111. The van der Waals surface area contributed by atoms with Crippen molar-refractivity contribution in [2.24, 2.45) is 7.05 Å². The molecule has 0 unspecified atom stereocenters. The Hall–Kier alpha value is -2.71. The Kier molecular flexibility index (Phi) is 5.64. The number of rotatable bonds is 6. The number of hydrogen-bond acceptors (Lipinski definition) is 6. The molecule has 0 fully saturated rings. The van der Waals surface area contributed by atoms with E-state index in [9.17, 15) is 4.79 Å². The summed E-state index contributed by atoms with van der Waals surface area (Å²) >= 11 is 2.83. The van der Waals surface area contributed by atoms with Gasteiger partial charge in [0.1, 0.15) is 0 Å². The summed E-state index contributed by atoms with van der Waals surface area (Å²) < 4.78 is 2.97. The van der Waals surface area contributed by atoms with E-state index in [0.717, 1.165) is 21.6 Å². The molecule has 0 spiro atoms. The van der Waals surface area contributed by atoms with Gasteiger partial charge in [-0.25, -0.2) is 4.98 Å². The second kappa shape index (κ2) is 8.34. The minimum Gasteiger partial charge on any atom is -0.305 e. The monoisotopic (exact) mass is 423 g/mol. The van der Waals surface area contributed by atoms with Gasteiger partial charge in [-0.1, -0.05) is 73.3 Å². The molecule has 0 atom stereocenters. The lowest BCUT2D eigenvalue weighted by atomic mass is 10.0. The molecule has 2 heterocycles. The molecule has 0 radical (unpaired) electrons. The maximum Gasteiger partial charge on any atom is 0.236 e. The zero-order valence-corrected chi connectivity index (χ0v) is 18.0. The normalized spacial score (nSPS) is 11.3. The molecule has 6 nitrogen and oxygen atoms in total. The smallest absolute Gasteiger partial charge is 0.236 e. The average molecular weight is 424 g/mol. The van der Waals surface area contributed by atoms with Crippen LogP contribution in [0.1, 0.15) is 25.3 Å². The van der Waals surface area contributed by atoms with Crippen molar-refractivity contribution in [1.82, 2.24) is 19.7 Å². The number of carbonyl (C=O) groups excluding carboxylic acids is 1. The number of hydrogen-bond donors (Lipinski definition) is 1. The van der Waals surface area contributed by atoms with E-state index in [4.69, 9.17) is 0 Å². The largest absolute Gasteiger partial charge is 0.305 e. The number of para-hydroxylation sites is 1. The van der Waals surface area contributed by atoms with Gasteiger partial charge in [0.15, 0.2) is 16.1 Å². The van der Waals surface area contributed by atoms with Gasteiger partial charge in [0, 0.05) is 12.6 Å². The fourth-order valence-corrected chi connectivity index (χ4v) is 4.51. The van der Waals surface area contributed by atoms with Crippen molar-refractivity contribution in [3.63, 3.8) is 0 Å². The maximum atomic E-state index is 12.3. The molecule has 1 N–H and O–H groups in total. The molecule has 8 heteroatoms. The van der Waals surface area contributed by atoms with Gasteiger partial charge in [0.2, 0.25) is 5.91 Å². The first-order valence-corrected chi connectivity index (χ1v) is 11.1. The molecule has 1 amide bonds. The highest BCUT2D eigenvalue weighted by Crippen LogP contribution is 2.27. The molecule has 2 aromatic carbocycles. The second-order valence-electron chi connectivity index (χ2n) is 6.97. The van der Waals surface area contributed by atoms with Gasteiger partial charge >= 0.3 is 0 Å². The summed E-state index contributed by atoms with van der Waals surface area (Å²) in [5.41, 5.74) is 3.19. The minimum absolute atomic E-state index is 0.111. The molecule has 0 aliphatic rings. The van der Waals surface area contributed by atoms with E-state index in [1.807, 2.05) is 35.9 Å². The predicted octanol–water partition coefficient (Wildman–Crippen LogP) is 4.95. The molecule has 0 saturated carbocycles. The van der Waals surface area contributed by atoms with Crippen LogP contribution in [0.5, 0.6) is 0 Å². The quantitative estimate of drug-likeness (QED) is 0.445. The lowest BCUT2D eigenvalue weighted by Gasteiger charge is -2.07. The number of nitrogens with zero attached hydrogens (tertiary/aromatic N) is 4. The molecular formula is C21H21N5OS2. The van der Waals surface area contributed by atoms with Gasteiger partial charge in [0.25, 0.3) is 0 Å². The number of aromatic nitrogens is 4. The summed E-state index contributed by atoms with van der Waals surface area (Å²) in [5.74, 6) is 1.41. The van der Waals surface area contributed by atoms with Crippen molar-refractivity contribution in [2.45, 2.75) is 24.9 Å². The zero-order chi connectivity index (χ0) is 20.4. The highest BCUT2D eigenvalue weighted by atomic mass is 32.2. The van der Waals surface area contributed by atoms with E-state index < -0.39 is 0 Å². The number of fused-ring (bicyclic) bond motifs is 1. The lowest BCUT2D eigenvalue weighted by Crippen LogP contribution is -2.14. The van der Waals surface area contributed by atoms with Gasteiger partial charge < -0.3 is 9.88 Å². The van der Waals surface area contributed by atoms with Crippen LogP contribution in [0.25, 0.3) is 21.6 Å². The van der Waals surface area contributed by atoms with Crippen LogP contribution in [0.2, 0.25) is 0 Å². The molecule has 4 rings (SSSR count). The third kappa shape index (κ3) is 4.33. The Morgan fingerprint density at radius 1 is 1.14 bits per heavy atom. The third-order valence-electron chi connectivity index (χ3n) is 4.54. The molecular weight excluding hydrogens is 402 g/mol. The number of amides is 1.